The molecule has 0 aliphatic rings. The molecule has 0 saturated heterocycles. The third kappa shape index (κ3) is 2.83. The first-order valence-corrected chi connectivity index (χ1v) is 7.42. The zero-order chi connectivity index (χ0) is 17.3. The molecule has 2 N–H and O–H groups in total. The third-order valence-corrected chi connectivity index (χ3v) is 3.53. The highest BCUT2D eigenvalue weighted by Crippen LogP contribution is 2.32. The smallest absolute Gasteiger partial charge is 0.335 e. The lowest BCUT2D eigenvalue weighted by Crippen LogP contribution is -1.94. The van der Waals surface area contributed by atoms with Gasteiger partial charge in [0.1, 0.15) is 0 Å². The molecule has 0 unspecified atom stereocenters. The van der Waals surface area contributed by atoms with Gasteiger partial charge in [-0.1, -0.05) is 19.9 Å². The van der Waals surface area contributed by atoms with Crippen molar-refractivity contribution < 1.29 is 15.0 Å². The number of pyridine rings is 1. The van der Waals surface area contributed by atoms with E-state index >= 15 is 0 Å². The number of hydrogen-bond donors (Lipinski definition) is 2. The Labute approximate surface area is 137 Å². The van der Waals surface area contributed by atoms with E-state index in [4.69, 9.17) is 5.11 Å². The van der Waals surface area contributed by atoms with Crippen LogP contribution in [0.5, 0.6) is 5.75 Å². The van der Waals surface area contributed by atoms with E-state index in [-0.39, 0.29) is 17.2 Å². The molecule has 24 heavy (non-hydrogen) atoms. The van der Waals surface area contributed by atoms with E-state index < -0.39 is 5.97 Å². The maximum Gasteiger partial charge on any atom is 0.335 e. The average Bonchev–Trinajstić information content (AvgIpc) is 2.93. The van der Waals surface area contributed by atoms with Gasteiger partial charge in [0.25, 0.3) is 0 Å². The first-order valence-electron chi connectivity index (χ1n) is 7.42. The van der Waals surface area contributed by atoms with Crippen molar-refractivity contribution >= 4 is 23.1 Å². The SMILES string of the molecule is CC(C)c1nc2c(O)cccn2c1N=Nc1cccc(C(=O)O)c1. The summed E-state index contributed by atoms with van der Waals surface area (Å²) in [5.74, 6) is -0.358. The van der Waals surface area contributed by atoms with E-state index in [1.807, 2.05) is 13.8 Å². The number of aromatic nitrogens is 2. The lowest BCUT2D eigenvalue weighted by Gasteiger charge is -2.02. The second-order valence-corrected chi connectivity index (χ2v) is 5.62. The van der Waals surface area contributed by atoms with E-state index in [0.29, 0.717) is 22.8 Å². The standard InChI is InChI=1S/C17H16N4O3/c1-10(2)14-16(21-8-4-7-13(22)15(21)18-14)20-19-12-6-3-5-11(9-12)17(23)24/h3-10,22H,1-2H3,(H,23,24). The van der Waals surface area contributed by atoms with E-state index in [0.717, 1.165) is 0 Å². The summed E-state index contributed by atoms with van der Waals surface area (Å²) < 4.78 is 1.66. The molecule has 2 aromatic heterocycles. The van der Waals surface area contributed by atoms with Crippen molar-refractivity contribution in [3.63, 3.8) is 0 Å². The highest BCUT2D eigenvalue weighted by atomic mass is 16.4. The molecule has 122 valence electrons. The normalized spacial score (nSPS) is 11.6. The topological polar surface area (TPSA) is 99.5 Å². The van der Waals surface area contributed by atoms with Crippen molar-refractivity contribution in [3.05, 3.63) is 53.9 Å². The summed E-state index contributed by atoms with van der Waals surface area (Å²) >= 11 is 0. The van der Waals surface area contributed by atoms with Gasteiger partial charge in [-0.05, 0) is 36.2 Å². The maximum atomic E-state index is 11.0. The molecular weight excluding hydrogens is 308 g/mol. The Morgan fingerprint density at radius 3 is 2.71 bits per heavy atom. The van der Waals surface area contributed by atoms with Gasteiger partial charge in [0, 0.05) is 6.20 Å². The quantitative estimate of drug-likeness (QED) is 0.700. The van der Waals surface area contributed by atoms with Crippen LogP contribution in [0.2, 0.25) is 0 Å². The predicted molar refractivity (Wildman–Crippen MR) is 88.5 cm³/mol. The summed E-state index contributed by atoms with van der Waals surface area (Å²) in [7, 11) is 0. The van der Waals surface area contributed by atoms with Gasteiger partial charge in [0.05, 0.1) is 16.9 Å². The second kappa shape index (κ2) is 6.11. The first-order chi connectivity index (χ1) is 11.5. The van der Waals surface area contributed by atoms with Crippen molar-refractivity contribution in [1.82, 2.24) is 9.38 Å². The Hall–Kier alpha value is -3.22. The van der Waals surface area contributed by atoms with Crippen molar-refractivity contribution in [3.8, 4) is 5.75 Å². The predicted octanol–water partition coefficient (Wildman–Crippen LogP) is 4.28. The Bertz CT molecular complexity index is 944. The summed E-state index contributed by atoms with van der Waals surface area (Å²) in [4.78, 5) is 15.5. The van der Waals surface area contributed by atoms with Crippen LogP contribution < -0.4 is 0 Å². The molecular formula is C17H16N4O3. The lowest BCUT2D eigenvalue weighted by atomic mass is 10.1. The van der Waals surface area contributed by atoms with Gasteiger partial charge < -0.3 is 10.2 Å². The van der Waals surface area contributed by atoms with Crippen LogP contribution >= 0.6 is 0 Å². The molecule has 0 bridgehead atoms. The summed E-state index contributed by atoms with van der Waals surface area (Å²) in [5, 5.41) is 27.4. The van der Waals surface area contributed by atoms with Crippen LogP contribution in [0.15, 0.2) is 52.8 Å². The Morgan fingerprint density at radius 1 is 1.21 bits per heavy atom. The average molecular weight is 324 g/mol. The zero-order valence-electron chi connectivity index (χ0n) is 13.2. The van der Waals surface area contributed by atoms with Crippen molar-refractivity contribution in [2.75, 3.05) is 0 Å². The van der Waals surface area contributed by atoms with Crippen LogP contribution in [0.4, 0.5) is 11.5 Å². The van der Waals surface area contributed by atoms with Crippen LogP contribution in [0, 0.1) is 0 Å². The van der Waals surface area contributed by atoms with Crippen molar-refractivity contribution in [1.29, 1.82) is 0 Å². The first kappa shape index (κ1) is 15.7. The monoisotopic (exact) mass is 324 g/mol. The Kier molecular flexibility index (Phi) is 3.99. The van der Waals surface area contributed by atoms with Crippen LogP contribution in [0.25, 0.3) is 5.65 Å². The number of imidazole rings is 1. The summed E-state index contributed by atoms with van der Waals surface area (Å²) in [6.07, 6.45) is 1.75. The number of benzene rings is 1. The summed E-state index contributed by atoms with van der Waals surface area (Å²) in [6.45, 7) is 3.95. The number of hydrogen-bond acceptors (Lipinski definition) is 5. The molecule has 1 aromatic carbocycles. The van der Waals surface area contributed by atoms with Crippen LogP contribution in [-0.2, 0) is 0 Å². The van der Waals surface area contributed by atoms with Gasteiger partial charge >= 0.3 is 5.97 Å². The molecule has 0 spiro atoms. The van der Waals surface area contributed by atoms with Crippen LogP contribution in [0.3, 0.4) is 0 Å². The Balaban J connectivity index is 2.09. The number of carbonyl (C=O) groups is 1. The van der Waals surface area contributed by atoms with Gasteiger partial charge in [0.2, 0.25) is 0 Å². The van der Waals surface area contributed by atoms with E-state index in [1.54, 1.807) is 34.9 Å². The molecule has 7 heteroatoms. The molecule has 3 rings (SSSR count). The number of carboxylic acid groups (broad SMARTS) is 1. The molecule has 2 heterocycles. The molecule has 0 saturated carbocycles. The third-order valence-electron chi connectivity index (χ3n) is 3.53. The van der Waals surface area contributed by atoms with E-state index in [9.17, 15) is 9.90 Å². The highest BCUT2D eigenvalue weighted by molar-refractivity contribution is 5.88. The molecule has 7 nitrogen and oxygen atoms in total. The van der Waals surface area contributed by atoms with Crippen molar-refractivity contribution in [2.45, 2.75) is 19.8 Å². The van der Waals surface area contributed by atoms with Crippen LogP contribution in [0.1, 0.15) is 35.8 Å². The molecule has 0 fully saturated rings. The van der Waals surface area contributed by atoms with Gasteiger partial charge in [-0.3, -0.25) is 4.40 Å². The van der Waals surface area contributed by atoms with E-state index in [2.05, 4.69) is 15.2 Å². The van der Waals surface area contributed by atoms with Crippen molar-refractivity contribution in [2.24, 2.45) is 10.2 Å². The number of aromatic carboxylic acids is 1. The molecule has 0 amide bonds. The molecule has 0 aliphatic heterocycles. The van der Waals surface area contributed by atoms with Gasteiger partial charge in [-0.25, -0.2) is 9.78 Å². The molecule has 3 aromatic rings. The van der Waals surface area contributed by atoms with Gasteiger partial charge in [0.15, 0.2) is 17.2 Å². The minimum absolute atomic E-state index is 0.0636. The lowest BCUT2D eigenvalue weighted by molar-refractivity contribution is 0.0697. The fraction of sp³-hybridized carbons (Fsp3) is 0.176. The zero-order valence-corrected chi connectivity index (χ0v) is 13.2. The fourth-order valence-electron chi connectivity index (χ4n) is 2.35. The summed E-state index contributed by atoms with van der Waals surface area (Å²) in [5.41, 5.74) is 1.69. The minimum Gasteiger partial charge on any atom is -0.504 e. The number of aromatic hydroxyl groups is 1. The van der Waals surface area contributed by atoms with Gasteiger partial charge in [-0.2, -0.15) is 0 Å². The maximum absolute atomic E-state index is 11.0. The van der Waals surface area contributed by atoms with E-state index in [1.165, 1.54) is 12.1 Å². The largest absolute Gasteiger partial charge is 0.504 e. The minimum atomic E-state index is -1.02. The van der Waals surface area contributed by atoms with Gasteiger partial charge in [-0.15, -0.1) is 10.2 Å². The molecule has 0 radical (unpaired) electrons. The molecule has 0 aliphatic carbocycles. The second-order valence-electron chi connectivity index (χ2n) is 5.62. The Morgan fingerprint density at radius 2 is 2.00 bits per heavy atom. The molecule has 0 atom stereocenters. The number of nitrogens with zero attached hydrogens (tertiary/aromatic N) is 4. The summed E-state index contributed by atoms with van der Waals surface area (Å²) in [6, 6.07) is 9.48. The number of fused-ring (bicyclic) bond motifs is 1. The number of carboxylic acids is 1. The number of azo groups is 1. The number of rotatable bonds is 4. The highest BCUT2D eigenvalue weighted by Gasteiger charge is 2.17. The fourth-order valence-corrected chi connectivity index (χ4v) is 2.35. The van der Waals surface area contributed by atoms with Crippen LogP contribution in [-0.4, -0.2) is 25.6 Å².